The molecule has 3 heterocycles. The third-order valence-corrected chi connectivity index (χ3v) is 5.70. The van der Waals surface area contributed by atoms with Gasteiger partial charge in [-0.1, -0.05) is 24.3 Å². The molecule has 2 aromatic carbocycles. The van der Waals surface area contributed by atoms with Crippen LogP contribution in [0.1, 0.15) is 33.6 Å². The topological polar surface area (TPSA) is 75.2 Å². The van der Waals surface area contributed by atoms with E-state index in [2.05, 4.69) is 10.3 Å². The van der Waals surface area contributed by atoms with E-state index in [1.165, 1.54) is 0 Å². The molecule has 158 valence electrons. The molecule has 1 aliphatic heterocycles. The number of para-hydroxylation sites is 1. The molecular weight excluding hydrogens is 400 g/mol. The lowest BCUT2D eigenvalue weighted by atomic mass is 10.0. The minimum absolute atomic E-state index is 0.00735. The molecule has 0 atom stereocenters. The van der Waals surface area contributed by atoms with Crippen molar-refractivity contribution >= 4 is 28.4 Å². The molecule has 1 aliphatic rings. The van der Waals surface area contributed by atoms with Gasteiger partial charge in [0.15, 0.2) is 0 Å². The van der Waals surface area contributed by atoms with Gasteiger partial charge >= 0.3 is 0 Å². The maximum atomic E-state index is 13.3. The first-order valence-corrected chi connectivity index (χ1v) is 10.7. The Morgan fingerprint density at radius 2 is 1.66 bits per heavy atom. The van der Waals surface area contributed by atoms with Crippen molar-refractivity contribution in [2.45, 2.75) is 12.8 Å². The lowest BCUT2D eigenvalue weighted by Crippen LogP contribution is -2.27. The molecule has 0 saturated carbocycles. The number of carbonyl (C=O) groups excluding carboxylic acids is 2. The lowest BCUT2D eigenvalue weighted by molar-refractivity contribution is 0.0792. The molecule has 4 aromatic rings. The van der Waals surface area contributed by atoms with Crippen LogP contribution in [0.25, 0.3) is 22.2 Å². The van der Waals surface area contributed by atoms with Crippen molar-refractivity contribution < 1.29 is 9.59 Å². The quantitative estimate of drug-likeness (QED) is 0.513. The molecule has 6 heteroatoms. The van der Waals surface area contributed by atoms with Crippen LogP contribution in [0, 0.1) is 0 Å². The predicted molar refractivity (Wildman–Crippen MR) is 125 cm³/mol. The van der Waals surface area contributed by atoms with Gasteiger partial charge in [0.1, 0.15) is 0 Å². The molecule has 32 heavy (non-hydrogen) atoms. The van der Waals surface area contributed by atoms with Gasteiger partial charge in [-0.2, -0.15) is 0 Å². The van der Waals surface area contributed by atoms with Crippen molar-refractivity contribution in [1.82, 2.24) is 14.9 Å². The van der Waals surface area contributed by atoms with Crippen molar-refractivity contribution in [3.05, 3.63) is 90.3 Å². The van der Waals surface area contributed by atoms with Gasteiger partial charge < -0.3 is 10.2 Å². The molecule has 1 N–H and O–H groups in total. The van der Waals surface area contributed by atoms with Gasteiger partial charge in [-0.25, -0.2) is 4.98 Å². The molecule has 0 bridgehead atoms. The Morgan fingerprint density at radius 3 is 2.47 bits per heavy atom. The van der Waals surface area contributed by atoms with E-state index in [9.17, 15) is 9.59 Å². The van der Waals surface area contributed by atoms with Gasteiger partial charge in [-0.3, -0.25) is 14.6 Å². The highest BCUT2D eigenvalue weighted by molar-refractivity contribution is 6.13. The summed E-state index contributed by atoms with van der Waals surface area (Å²) >= 11 is 0. The average Bonchev–Trinajstić information content (AvgIpc) is 3.38. The number of fused-ring (bicyclic) bond motifs is 1. The van der Waals surface area contributed by atoms with Crippen molar-refractivity contribution in [3.8, 4) is 11.3 Å². The molecule has 0 unspecified atom stereocenters. The van der Waals surface area contributed by atoms with Crippen molar-refractivity contribution in [3.63, 3.8) is 0 Å². The van der Waals surface area contributed by atoms with Crippen LogP contribution in [0.4, 0.5) is 5.69 Å². The van der Waals surface area contributed by atoms with E-state index in [4.69, 9.17) is 4.98 Å². The third-order valence-electron chi connectivity index (χ3n) is 5.70. The van der Waals surface area contributed by atoms with E-state index >= 15 is 0 Å². The second-order valence-corrected chi connectivity index (χ2v) is 7.84. The van der Waals surface area contributed by atoms with E-state index in [1.54, 1.807) is 42.7 Å². The normalized spacial score (nSPS) is 13.3. The largest absolute Gasteiger partial charge is 0.339 e. The van der Waals surface area contributed by atoms with Crippen molar-refractivity contribution in [2.75, 3.05) is 18.4 Å². The summed E-state index contributed by atoms with van der Waals surface area (Å²) in [6.07, 6.45) is 5.48. The molecule has 0 spiro atoms. The number of likely N-dealkylation sites (tertiary alicyclic amines) is 1. The van der Waals surface area contributed by atoms with Crippen molar-refractivity contribution in [2.24, 2.45) is 0 Å². The fraction of sp³-hybridized carbons (Fsp3) is 0.154. The van der Waals surface area contributed by atoms with Crippen LogP contribution in [-0.2, 0) is 0 Å². The first kappa shape index (κ1) is 19.9. The van der Waals surface area contributed by atoms with Gasteiger partial charge in [-0.15, -0.1) is 0 Å². The third kappa shape index (κ3) is 3.95. The molecule has 2 amide bonds. The predicted octanol–water partition coefficient (Wildman–Crippen LogP) is 4.79. The molecular formula is C26H22N4O2. The van der Waals surface area contributed by atoms with Crippen LogP contribution in [-0.4, -0.2) is 39.8 Å². The summed E-state index contributed by atoms with van der Waals surface area (Å²) in [5, 5.41) is 3.74. The number of nitrogens with zero attached hydrogens (tertiary/aromatic N) is 3. The molecule has 2 aromatic heterocycles. The van der Waals surface area contributed by atoms with Crippen LogP contribution in [0.15, 0.2) is 79.1 Å². The number of carbonyl (C=O) groups is 2. The van der Waals surface area contributed by atoms with Crippen LogP contribution < -0.4 is 5.32 Å². The van der Waals surface area contributed by atoms with Gasteiger partial charge in [0, 0.05) is 47.7 Å². The summed E-state index contributed by atoms with van der Waals surface area (Å²) < 4.78 is 0. The molecule has 1 fully saturated rings. The van der Waals surface area contributed by atoms with Gasteiger partial charge in [0.2, 0.25) is 0 Å². The van der Waals surface area contributed by atoms with Crippen LogP contribution in [0.5, 0.6) is 0 Å². The first-order chi connectivity index (χ1) is 15.7. The Balaban J connectivity index is 1.48. The number of nitrogens with one attached hydrogen (secondary N) is 1. The minimum Gasteiger partial charge on any atom is -0.339 e. The number of rotatable bonds is 4. The summed E-state index contributed by atoms with van der Waals surface area (Å²) in [5.41, 5.74) is 4.03. The fourth-order valence-corrected chi connectivity index (χ4v) is 4.07. The lowest BCUT2D eigenvalue weighted by Gasteiger charge is -2.16. The number of hydrogen-bond acceptors (Lipinski definition) is 4. The summed E-state index contributed by atoms with van der Waals surface area (Å²) in [6, 6.07) is 20.2. The van der Waals surface area contributed by atoms with Gasteiger partial charge in [-0.05, 0) is 55.3 Å². The second kappa shape index (κ2) is 8.59. The number of hydrogen-bond donors (Lipinski definition) is 1. The second-order valence-electron chi connectivity index (χ2n) is 7.84. The SMILES string of the molecule is O=C(Nc1cccc(C(=O)N2CCCC2)c1)c1cc(-c2ccncc2)nc2ccccc12. The standard InChI is InChI=1S/C26H22N4O2/c31-25(28-20-7-5-6-19(16-20)26(32)30-14-3-4-15-30)22-17-24(18-10-12-27-13-11-18)29-23-9-2-1-8-21(22)23/h1-2,5-13,16-17H,3-4,14-15H2,(H,28,31). The van der Waals surface area contributed by atoms with E-state index < -0.39 is 0 Å². The minimum atomic E-state index is -0.246. The fourth-order valence-electron chi connectivity index (χ4n) is 4.07. The average molecular weight is 422 g/mol. The zero-order valence-electron chi connectivity index (χ0n) is 17.5. The zero-order chi connectivity index (χ0) is 21.9. The Labute approximate surface area is 185 Å². The Hall–Kier alpha value is -4.06. The molecule has 0 aliphatic carbocycles. The smallest absolute Gasteiger partial charge is 0.256 e. The zero-order valence-corrected chi connectivity index (χ0v) is 17.5. The number of benzene rings is 2. The highest BCUT2D eigenvalue weighted by Crippen LogP contribution is 2.25. The number of pyridine rings is 2. The summed E-state index contributed by atoms with van der Waals surface area (Å²) in [6.45, 7) is 1.58. The summed E-state index contributed by atoms with van der Waals surface area (Å²) in [5.74, 6) is -0.238. The van der Waals surface area contributed by atoms with Crippen molar-refractivity contribution in [1.29, 1.82) is 0 Å². The number of anilines is 1. The van der Waals surface area contributed by atoms with Crippen LogP contribution >= 0.6 is 0 Å². The van der Waals surface area contributed by atoms with Crippen LogP contribution in [0.3, 0.4) is 0 Å². The highest BCUT2D eigenvalue weighted by Gasteiger charge is 2.20. The first-order valence-electron chi connectivity index (χ1n) is 10.7. The van der Waals surface area contributed by atoms with Crippen LogP contribution in [0.2, 0.25) is 0 Å². The van der Waals surface area contributed by atoms with E-state index in [0.717, 1.165) is 42.4 Å². The molecule has 0 radical (unpaired) electrons. The molecule has 6 nitrogen and oxygen atoms in total. The number of aromatic nitrogens is 2. The summed E-state index contributed by atoms with van der Waals surface area (Å²) in [4.78, 5) is 36.7. The molecule has 1 saturated heterocycles. The van der Waals surface area contributed by atoms with Gasteiger partial charge in [0.25, 0.3) is 11.8 Å². The monoisotopic (exact) mass is 422 g/mol. The number of amides is 2. The van der Waals surface area contributed by atoms with E-state index in [-0.39, 0.29) is 11.8 Å². The van der Waals surface area contributed by atoms with E-state index in [0.29, 0.717) is 22.5 Å². The Morgan fingerprint density at radius 1 is 0.875 bits per heavy atom. The van der Waals surface area contributed by atoms with E-state index in [1.807, 2.05) is 41.3 Å². The maximum absolute atomic E-state index is 13.3. The Kier molecular flexibility index (Phi) is 5.34. The highest BCUT2D eigenvalue weighted by atomic mass is 16.2. The Bertz CT molecular complexity index is 1300. The van der Waals surface area contributed by atoms with Gasteiger partial charge in [0.05, 0.1) is 16.8 Å². The molecule has 5 rings (SSSR count). The summed E-state index contributed by atoms with van der Waals surface area (Å²) in [7, 11) is 0. The maximum Gasteiger partial charge on any atom is 0.256 e.